The van der Waals surface area contributed by atoms with Crippen LogP contribution >= 0.6 is 11.8 Å². The smallest absolute Gasteiger partial charge is 0.309 e. The van der Waals surface area contributed by atoms with Crippen LogP contribution in [-0.4, -0.2) is 61.0 Å². The van der Waals surface area contributed by atoms with Crippen LogP contribution < -0.4 is 15.4 Å². The second-order valence-corrected chi connectivity index (χ2v) is 8.35. The number of nitrogens with one attached hydrogen (secondary N) is 2. The summed E-state index contributed by atoms with van der Waals surface area (Å²) in [6, 6.07) is 8.19. The quantitative estimate of drug-likeness (QED) is 0.722. The summed E-state index contributed by atoms with van der Waals surface area (Å²) in [5.74, 6) is 2.55. The zero-order chi connectivity index (χ0) is 19.1. The molecule has 0 bridgehead atoms. The van der Waals surface area contributed by atoms with Crippen molar-refractivity contribution in [2.45, 2.75) is 31.8 Å². The number of benzene rings is 1. The van der Waals surface area contributed by atoms with Gasteiger partial charge >= 0.3 is 11.8 Å². The van der Waals surface area contributed by atoms with Crippen LogP contribution in [0.3, 0.4) is 0 Å². The van der Waals surface area contributed by atoms with E-state index < -0.39 is 11.8 Å². The lowest BCUT2D eigenvalue weighted by molar-refractivity contribution is -0.139. The Balaban J connectivity index is 1.36. The van der Waals surface area contributed by atoms with E-state index in [-0.39, 0.29) is 6.54 Å². The topological polar surface area (TPSA) is 70.7 Å². The second kappa shape index (κ2) is 9.99. The number of hydrogen-bond donors (Lipinski definition) is 2. The Bertz CT molecular complexity index is 641. The average molecular weight is 392 g/mol. The summed E-state index contributed by atoms with van der Waals surface area (Å²) in [6.07, 6.45) is 3.48. The summed E-state index contributed by atoms with van der Waals surface area (Å²) in [6.45, 7) is 3.06. The average Bonchev–Trinajstić information content (AvgIpc) is 3.25. The minimum Gasteiger partial charge on any atom is -0.496 e. The van der Waals surface area contributed by atoms with Crippen molar-refractivity contribution in [3.05, 3.63) is 29.8 Å². The maximum atomic E-state index is 12.1. The van der Waals surface area contributed by atoms with E-state index in [1.807, 2.05) is 36.0 Å². The Morgan fingerprint density at radius 3 is 2.59 bits per heavy atom. The van der Waals surface area contributed by atoms with E-state index in [0.29, 0.717) is 18.2 Å². The first-order chi connectivity index (χ1) is 13.2. The molecule has 0 aromatic heterocycles. The molecule has 2 aliphatic heterocycles. The SMILES string of the molecule is COc1ccccc1CNC(=O)C(=O)NCC1CCN([C@H]2CCSC2)CC1. The fourth-order valence-electron chi connectivity index (χ4n) is 3.75. The molecule has 0 spiro atoms. The van der Waals surface area contributed by atoms with Gasteiger partial charge in [0.1, 0.15) is 5.75 Å². The first-order valence-electron chi connectivity index (χ1n) is 9.67. The van der Waals surface area contributed by atoms with Crippen LogP contribution in [0.4, 0.5) is 0 Å². The van der Waals surface area contributed by atoms with Crippen molar-refractivity contribution < 1.29 is 14.3 Å². The van der Waals surface area contributed by atoms with Gasteiger partial charge in [0, 0.05) is 30.4 Å². The molecule has 7 heteroatoms. The monoisotopic (exact) mass is 391 g/mol. The van der Waals surface area contributed by atoms with Crippen LogP contribution in [0.2, 0.25) is 0 Å². The molecule has 2 N–H and O–H groups in total. The maximum absolute atomic E-state index is 12.1. The van der Waals surface area contributed by atoms with Crippen LogP contribution in [0, 0.1) is 5.92 Å². The zero-order valence-corrected chi connectivity index (χ0v) is 16.7. The first-order valence-corrected chi connectivity index (χ1v) is 10.8. The number of carbonyl (C=O) groups excluding carboxylic acids is 2. The van der Waals surface area contributed by atoms with E-state index in [0.717, 1.165) is 37.5 Å². The van der Waals surface area contributed by atoms with Crippen molar-refractivity contribution >= 4 is 23.6 Å². The Kier molecular flexibility index (Phi) is 7.41. The van der Waals surface area contributed by atoms with Crippen molar-refractivity contribution in [2.24, 2.45) is 5.92 Å². The molecule has 0 saturated carbocycles. The number of methoxy groups -OCH3 is 1. The summed E-state index contributed by atoms with van der Waals surface area (Å²) in [4.78, 5) is 26.7. The summed E-state index contributed by atoms with van der Waals surface area (Å²) in [7, 11) is 1.59. The van der Waals surface area contributed by atoms with Gasteiger partial charge in [0.25, 0.3) is 0 Å². The fraction of sp³-hybridized carbons (Fsp3) is 0.600. The molecule has 2 saturated heterocycles. The first kappa shape index (κ1) is 20.0. The van der Waals surface area contributed by atoms with Gasteiger partial charge in [0.2, 0.25) is 0 Å². The number of para-hydroxylation sites is 1. The van der Waals surface area contributed by atoms with Gasteiger partial charge in [-0.15, -0.1) is 0 Å². The summed E-state index contributed by atoms with van der Waals surface area (Å²) in [5.41, 5.74) is 0.846. The van der Waals surface area contributed by atoms with Gasteiger partial charge in [-0.3, -0.25) is 14.5 Å². The highest BCUT2D eigenvalue weighted by molar-refractivity contribution is 7.99. The van der Waals surface area contributed by atoms with Crippen LogP contribution in [0.15, 0.2) is 24.3 Å². The van der Waals surface area contributed by atoms with Gasteiger partial charge in [-0.25, -0.2) is 0 Å². The normalized spacial score (nSPS) is 21.0. The minimum absolute atomic E-state index is 0.272. The highest BCUT2D eigenvalue weighted by Crippen LogP contribution is 2.26. The number of carbonyl (C=O) groups is 2. The Morgan fingerprint density at radius 1 is 1.15 bits per heavy atom. The van der Waals surface area contributed by atoms with Gasteiger partial charge in [-0.05, 0) is 50.1 Å². The molecule has 1 aromatic carbocycles. The van der Waals surface area contributed by atoms with Crippen molar-refractivity contribution in [2.75, 3.05) is 38.2 Å². The number of thioether (sulfide) groups is 1. The van der Waals surface area contributed by atoms with Crippen LogP contribution in [0.1, 0.15) is 24.8 Å². The molecule has 0 aliphatic carbocycles. The van der Waals surface area contributed by atoms with Crippen molar-refractivity contribution in [1.82, 2.24) is 15.5 Å². The lowest BCUT2D eigenvalue weighted by atomic mass is 9.95. The highest BCUT2D eigenvalue weighted by atomic mass is 32.2. The van der Waals surface area contributed by atoms with E-state index >= 15 is 0 Å². The molecule has 2 fully saturated rings. The van der Waals surface area contributed by atoms with E-state index in [2.05, 4.69) is 15.5 Å². The highest BCUT2D eigenvalue weighted by Gasteiger charge is 2.27. The van der Waals surface area contributed by atoms with E-state index in [1.165, 1.54) is 17.9 Å². The molecular formula is C20H29N3O3S. The molecule has 2 aliphatic rings. The zero-order valence-electron chi connectivity index (χ0n) is 15.9. The van der Waals surface area contributed by atoms with Gasteiger partial charge in [-0.1, -0.05) is 18.2 Å². The molecule has 6 nitrogen and oxygen atoms in total. The molecule has 1 aromatic rings. The number of amides is 2. The molecule has 1 atom stereocenters. The van der Waals surface area contributed by atoms with Crippen molar-refractivity contribution in [3.8, 4) is 5.75 Å². The number of likely N-dealkylation sites (tertiary alicyclic amines) is 1. The van der Waals surface area contributed by atoms with Crippen molar-refractivity contribution in [1.29, 1.82) is 0 Å². The number of piperidine rings is 1. The number of rotatable bonds is 6. The molecule has 0 unspecified atom stereocenters. The van der Waals surface area contributed by atoms with E-state index in [1.54, 1.807) is 7.11 Å². The molecule has 0 radical (unpaired) electrons. The largest absolute Gasteiger partial charge is 0.496 e. The lowest BCUT2D eigenvalue weighted by Gasteiger charge is -2.35. The second-order valence-electron chi connectivity index (χ2n) is 7.20. The Hall–Kier alpha value is -1.73. The van der Waals surface area contributed by atoms with Crippen LogP contribution in [-0.2, 0) is 16.1 Å². The lowest BCUT2D eigenvalue weighted by Crippen LogP contribution is -2.45. The van der Waals surface area contributed by atoms with Crippen LogP contribution in [0.25, 0.3) is 0 Å². The Morgan fingerprint density at radius 2 is 1.89 bits per heavy atom. The molecule has 3 rings (SSSR count). The van der Waals surface area contributed by atoms with Gasteiger partial charge in [-0.2, -0.15) is 11.8 Å². The summed E-state index contributed by atoms with van der Waals surface area (Å²) >= 11 is 2.05. The standard InChI is InChI=1S/C20H29N3O3S/c1-26-18-5-3-2-4-16(18)13-22-20(25)19(24)21-12-15-6-9-23(10-7-15)17-8-11-27-14-17/h2-5,15,17H,6-14H2,1H3,(H,21,24)(H,22,25)/t17-/m0/s1. The molecule has 148 valence electrons. The predicted molar refractivity (Wildman–Crippen MR) is 108 cm³/mol. The summed E-state index contributed by atoms with van der Waals surface area (Å²) in [5, 5.41) is 5.46. The van der Waals surface area contributed by atoms with Gasteiger partial charge in [0.05, 0.1) is 7.11 Å². The third-order valence-electron chi connectivity index (χ3n) is 5.46. The van der Waals surface area contributed by atoms with Crippen molar-refractivity contribution in [3.63, 3.8) is 0 Å². The van der Waals surface area contributed by atoms with E-state index in [9.17, 15) is 9.59 Å². The number of nitrogens with zero attached hydrogens (tertiary/aromatic N) is 1. The predicted octanol–water partition coefficient (Wildman–Crippen LogP) is 1.65. The Labute approximate surface area is 165 Å². The third kappa shape index (κ3) is 5.62. The number of ether oxygens (including phenoxy) is 1. The minimum atomic E-state index is -0.596. The molecule has 2 heterocycles. The van der Waals surface area contributed by atoms with Crippen LogP contribution in [0.5, 0.6) is 5.75 Å². The number of hydrogen-bond acceptors (Lipinski definition) is 5. The molecule has 27 heavy (non-hydrogen) atoms. The molecular weight excluding hydrogens is 362 g/mol. The fourth-order valence-corrected chi connectivity index (χ4v) is 5.01. The van der Waals surface area contributed by atoms with Gasteiger partial charge in [0.15, 0.2) is 0 Å². The van der Waals surface area contributed by atoms with Gasteiger partial charge < -0.3 is 15.4 Å². The van der Waals surface area contributed by atoms with E-state index in [4.69, 9.17) is 4.74 Å². The summed E-state index contributed by atoms with van der Waals surface area (Å²) < 4.78 is 5.25. The maximum Gasteiger partial charge on any atom is 0.309 e. The third-order valence-corrected chi connectivity index (χ3v) is 6.61. The molecule has 2 amide bonds.